The van der Waals surface area contributed by atoms with E-state index >= 15 is 0 Å². The fourth-order valence-corrected chi connectivity index (χ4v) is 4.57. The van der Waals surface area contributed by atoms with Crippen molar-refractivity contribution in [1.29, 1.82) is 0 Å². The predicted molar refractivity (Wildman–Crippen MR) is 83.2 cm³/mol. The first kappa shape index (κ1) is 14.1. The van der Waals surface area contributed by atoms with Crippen LogP contribution in [0.25, 0.3) is 0 Å². The van der Waals surface area contributed by atoms with Crippen molar-refractivity contribution in [3.05, 3.63) is 33.3 Å². The summed E-state index contributed by atoms with van der Waals surface area (Å²) in [5.74, 6) is -0.639. The van der Waals surface area contributed by atoms with Crippen molar-refractivity contribution in [3.63, 3.8) is 0 Å². The zero-order valence-electron chi connectivity index (χ0n) is 11.8. The average molecular weight is 337 g/mol. The van der Waals surface area contributed by atoms with Crippen LogP contribution >= 0.6 is 15.9 Å². The van der Waals surface area contributed by atoms with Crippen LogP contribution in [0.3, 0.4) is 0 Å². The molecule has 0 bridgehead atoms. The highest BCUT2D eigenvalue weighted by molar-refractivity contribution is 9.10. The molecule has 1 N–H and O–H groups in total. The molecule has 2 nitrogen and oxygen atoms in total. The second kappa shape index (κ2) is 5.51. The predicted octanol–water partition coefficient (Wildman–Crippen LogP) is 4.61. The third-order valence-electron chi connectivity index (χ3n) is 5.08. The van der Waals surface area contributed by atoms with Gasteiger partial charge in [-0.15, -0.1) is 0 Å². The van der Waals surface area contributed by atoms with Crippen LogP contribution in [-0.4, -0.2) is 11.1 Å². The summed E-state index contributed by atoms with van der Waals surface area (Å²) >= 11 is 3.68. The van der Waals surface area contributed by atoms with E-state index in [1.807, 2.05) is 0 Å². The minimum Gasteiger partial charge on any atom is -0.481 e. The molecule has 1 fully saturated rings. The monoisotopic (exact) mass is 336 g/mol. The Morgan fingerprint density at radius 1 is 1.05 bits per heavy atom. The summed E-state index contributed by atoms with van der Waals surface area (Å²) in [6.45, 7) is 0. The normalized spacial score (nSPS) is 21.2. The number of carbonyl (C=O) groups is 1. The Hall–Kier alpha value is -0.830. The van der Waals surface area contributed by atoms with Gasteiger partial charge >= 0.3 is 5.97 Å². The largest absolute Gasteiger partial charge is 0.481 e. The molecule has 2 aliphatic carbocycles. The molecule has 1 aromatic rings. The lowest BCUT2D eigenvalue weighted by Gasteiger charge is -2.35. The zero-order valence-corrected chi connectivity index (χ0v) is 13.3. The van der Waals surface area contributed by atoms with E-state index in [9.17, 15) is 9.90 Å². The van der Waals surface area contributed by atoms with E-state index in [0.717, 1.165) is 48.6 Å². The number of carboxylic acid groups (broad SMARTS) is 1. The maximum absolute atomic E-state index is 11.9. The summed E-state index contributed by atoms with van der Waals surface area (Å²) in [6.07, 6.45) is 9.48. The molecule has 0 amide bonds. The highest BCUT2D eigenvalue weighted by atomic mass is 79.9. The molecule has 20 heavy (non-hydrogen) atoms. The molecule has 0 saturated heterocycles. The van der Waals surface area contributed by atoms with Gasteiger partial charge in [0, 0.05) is 4.47 Å². The number of hydrogen-bond donors (Lipinski definition) is 1. The summed E-state index contributed by atoms with van der Waals surface area (Å²) in [4.78, 5) is 11.9. The van der Waals surface area contributed by atoms with Gasteiger partial charge in [-0.05, 0) is 61.3 Å². The summed E-state index contributed by atoms with van der Waals surface area (Å²) in [6, 6.07) is 4.28. The minimum atomic E-state index is -0.646. The van der Waals surface area contributed by atoms with Crippen molar-refractivity contribution >= 4 is 21.9 Å². The fraction of sp³-hybridized carbons (Fsp3) is 0.588. The lowest BCUT2D eigenvalue weighted by Crippen LogP contribution is -2.38. The Kier molecular flexibility index (Phi) is 3.89. The summed E-state index contributed by atoms with van der Waals surface area (Å²) in [5, 5.41) is 9.82. The number of benzene rings is 1. The molecular formula is C17H21BrO2. The maximum atomic E-state index is 11.9. The Morgan fingerprint density at radius 3 is 2.45 bits per heavy atom. The van der Waals surface area contributed by atoms with Gasteiger partial charge in [0.1, 0.15) is 0 Å². The molecule has 0 unspecified atom stereocenters. The highest BCUT2D eigenvalue weighted by Gasteiger charge is 2.41. The van der Waals surface area contributed by atoms with Crippen molar-refractivity contribution in [3.8, 4) is 0 Å². The first-order valence-corrected chi connectivity index (χ1v) is 8.48. The molecule has 0 aliphatic heterocycles. The molecule has 0 spiro atoms. The quantitative estimate of drug-likeness (QED) is 0.855. The smallest absolute Gasteiger partial charge is 0.314 e. The van der Waals surface area contributed by atoms with E-state index in [4.69, 9.17) is 0 Å². The van der Waals surface area contributed by atoms with Crippen LogP contribution < -0.4 is 0 Å². The van der Waals surface area contributed by atoms with E-state index in [1.54, 1.807) is 0 Å². The number of fused-ring (bicyclic) bond motifs is 1. The fourth-order valence-electron chi connectivity index (χ4n) is 3.87. The number of halogens is 1. The Morgan fingerprint density at radius 2 is 1.75 bits per heavy atom. The van der Waals surface area contributed by atoms with Gasteiger partial charge in [-0.25, -0.2) is 0 Å². The van der Waals surface area contributed by atoms with Crippen LogP contribution in [0.2, 0.25) is 0 Å². The standard InChI is InChI=1S/C17H21BrO2/c18-15-11-13(10-12-6-2-3-7-14(12)15)17(16(19)20)8-4-1-5-9-17/h10-11H,1-9H2,(H,19,20). The first-order chi connectivity index (χ1) is 9.63. The Labute approximate surface area is 128 Å². The van der Waals surface area contributed by atoms with E-state index in [0.29, 0.717) is 0 Å². The molecule has 0 heterocycles. The van der Waals surface area contributed by atoms with Crippen LogP contribution in [-0.2, 0) is 23.1 Å². The molecule has 0 aromatic heterocycles. The van der Waals surface area contributed by atoms with Crippen molar-refractivity contribution in [1.82, 2.24) is 0 Å². The number of carboxylic acids is 1. The molecular weight excluding hydrogens is 316 g/mol. The Bertz CT molecular complexity index is 530. The van der Waals surface area contributed by atoms with Crippen LogP contribution in [0.15, 0.2) is 16.6 Å². The second-order valence-corrected chi connectivity index (χ2v) is 7.11. The van der Waals surface area contributed by atoms with Crippen LogP contribution in [0.4, 0.5) is 0 Å². The summed E-state index contributed by atoms with van der Waals surface area (Å²) in [5.41, 5.74) is 3.15. The number of rotatable bonds is 2. The maximum Gasteiger partial charge on any atom is 0.314 e. The second-order valence-electron chi connectivity index (χ2n) is 6.25. The van der Waals surface area contributed by atoms with Crippen LogP contribution in [0.5, 0.6) is 0 Å². The topological polar surface area (TPSA) is 37.3 Å². The van der Waals surface area contributed by atoms with Crippen molar-refractivity contribution in [2.75, 3.05) is 0 Å². The van der Waals surface area contributed by atoms with E-state index in [2.05, 4.69) is 28.1 Å². The SMILES string of the molecule is O=C(O)C1(c2cc(Br)c3c(c2)CCCC3)CCCCC1. The third kappa shape index (κ3) is 2.30. The van der Waals surface area contributed by atoms with Crippen molar-refractivity contribution in [2.24, 2.45) is 0 Å². The van der Waals surface area contributed by atoms with Gasteiger partial charge in [0.15, 0.2) is 0 Å². The van der Waals surface area contributed by atoms with Gasteiger partial charge in [0.2, 0.25) is 0 Å². The van der Waals surface area contributed by atoms with Crippen LogP contribution in [0.1, 0.15) is 61.6 Å². The van der Waals surface area contributed by atoms with Gasteiger partial charge in [-0.3, -0.25) is 4.79 Å². The van der Waals surface area contributed by atoms with E-state index in [-0.39, 0.29) is 0 Å². The molecule has 2 aliphatic rings. The van der Waals surface area contributed by atoms with Gasteiger partial charge in [-0.2, -0.15) is 0 Å². The van der Waals surface area contributed by atoms with Crippen LogP contribution in [0, 0.1) is 0 Å². The number of aliphatic carboxylic acids is 1. The molecule has 108 valence electrons. The third-order valence-corrected chi connectivity index (χ3v) is 5.79. The number of hydrogen-bond acceptors (Lipinski definition) is 1. The molecule has 0 atom stereocenters. The molecule has 1 saturated carbocycles. The Balaban J connectivity index is 2.07. The lowest BCUT2D eigenvalue weighted by molar-refractivity contribution is -0.145. The van der Waals surface area contributed by atoms with Gasteiger partial charge < -0.3 is 5.11 Å². The first-order valence-electron chi connectivity index (χ1n) is 7.69. The lowest BCUT2D eigenvalue weighted by atomic mass is 9.68. The molecule has 3 rings (SSSR count). The summed E-state index contributed by atoms with van der Waals surface area (Å²) in [7, 11) is 0. The van der Waals surface area contributed by atoms with E-state index < -0.39 is 11.4 Å². The zero-order chi connectivity index (χ0) is 14.2. The highest BCUT2D eigenvalue weighted by Crippen LogP contribution is 2.42. The van der Waals surface area contributed by atoms with Crippen molar-refractivity contribution in [2.45, 2.75) is 63.2 Å². The minimum absolute atomic E-state index is 0.639. The van der Waals surface area contributed by atoms with Crippen molar-refractivity contribution < 1.29 is 9.90 Å². The molecule has 3 heteroatoms. The van der Waals surface area contributed by atoms with Gasteiger partial charge in [0.25, 0.3) is 0 Å². The average Bonchev–Trinajstić information content (AvgIpc) is 2.48. The molecule has 1 aromatic carbocycles. The van der Waals surface area contributed by atoms with E-state index in [1.165, 1.54) is 30.4 Å². The van der Waals surface area contributed by atoms with Gasteiger partial charge in [-0.1, -0.05) is 41.3 Å². The van der Waals surface area contributed by atoms with Gasteiger partial charge in [0.05, 0.1) is 5.41 Å². The number of aryl methyl sites for hydroxylation is 1. The molecule has 0 radical (unpaired) electrons. The summed E-state index contributed by atoms with van der Waals surface area (Å²) < 4.78 is 1.12.